The molecule has 0 heterocycles. The SMILES string of the molecule is CC(=O)Oc1ccc(-c2cc(C)c(-c3ccc(OC(C)=O)cc3)cc2C)cc1. The van der Waals surface area contributed by atoms with E-state index in [-0.39, 0.29) is 11.9 Å². The van der Waals surface area contributed by atoms with Gasteiger partial charge in [0.15, 0.2) is 0 Å². The molecule has 0 aliphatic carbocycles. The second-order valence-electron chi connectivity index (χ2n) is 6.72. The van der Waals surface area contributed by atoms with E-state index in [2.05, 4.69) is 26.0 Å². The van der Waals surface area contributed by atoms with Gasteiger partial charge >= 0.3 is 11.9 Å². The van der Waals surface area contributed by atoms with Crippen LogP contribution in [0, 0.1) is 13.8 Å². The highest BCUT2D eigenvalue weighted by Crippen LogP contribution is 2.33. The summed E-state index contributed by atoms with van der Waals surface area (Å²) in [5.74, 6) is 0.415. The Morgan fingerprint density at radius 3 is 1.21 bits per heavy atom. The average Bonchev–Trinajstić information content (AvgIpc) is 2.64. The van der Waals surface area contributed by atoms with Gasteiger partial charge in [0.2, 0.25) is 0 Å². The molecule has 28 heavy (non-hydrogen) atoms. The minimum absolute atomic E-state index is 0.330. The Morgan fingerprint density at radius 1 is 0.607 bits per heavy atom. The summed E-state index contributed by atoms with van der Waals surface area (Å²) in [4.78, 5) is 22.1. The van der Waals surface area contributed by atoms with Crippen molar-refractivity contribution in [2.75, 3.05) is 0 Å². The molecular formula is C24H22O4. The molecule has 0 unspecified atom stereocenters. The summed E-state index contributed by atoms with van der Waals surface area (Å²) in [5, 5.41) is 0. The molecule has 0 saturated carbocycles. The normalized spacial score (nSPS) is 10.4. The van der Waals surface area contributed by atoms with Crippen LogP contribution in [0.3, 0.4) is 0 Å². The van der Waals surface area contributed by atoms with Gasteiger partial charge < -0.3 is 9.47 Å². The number of carbonyl (C=O) groups is 2. The predicted molar refractivity (Wildman–Crippen MR) is 109 cm³/mol. The van der Waals surface area contributed by atoms with E-state index >= 15 is 0 Å². The molecular weight excluding hydrogens is 352 g/mol. The van der Waals surface area contributed by atoms with Gasteiger partial charge in [0.05, 0.1) is 0 Å². The zero-order valence-corrected chi connectivity index (χ0v) is 16.4. The Kier molecular flexibility index (Phi) is 5.59. The largest absolute Gasteiger partial charge is 0.427 e. The molecule has 0 saturated heterocycles. The van der Waals surface area contributed by atoms with E-state index in [0.717, 1.165) is 33.4 Å². The van der Waals surface area contributed by atoms with Gasteiger partial charge in [0, 0.05) is 13.8 Å². The van der Waals surface area contributed by atoms with Crippen LogP contribution >= 0.6 is 0 Å². The Hall–Kier alpha value is -3.40. The number of carbonyl (C=O) groups excluding carboxylic acids is 2. The van der Waals surface area contributed by atoms with Crippen molar-refractivity contribution in [2.24, 2.45) is 0 Å². The van der Waals surface area contributed by atoms with Gasteiger partial charge in [-0.25, -0.2) is 0 Å². The lowest BCUT2D eigenvalue weighted by molar-refractivity contribution is -0.132. The first-order valence-electron chi connectivity index (χ1n) is 9.02. The lowest BCUT2D eigenvalue weighted by Gasteiger charge is -2.14. The summed E-state index contributed by atoms with van der Waals surface area (Å²) in [7, 11) is 0. The van der Waals surface area contributed by atoms with Crippen LogP contribution in [0.1, 0.15) is 25.0 Å². The van der Waals surface area contributed by atoms with Gasteiger partial charge in [0.1, 0.15) is 11.5 Å². The maximum atomic E-state index is 11.1. The van der Waals surface area contributed by atoms with E-state index in [9.17, 15) is 9.59 Å². The molecule has 4 nitrogen and oxygen atoms in total. The highest BCUT2D eigenvalue weighted by molar-refractivity contribution is 5.77. The fourth-order valence-corrected chi connectivity index (χ4v) is 3.18. The molecule has 0 aliphatic heterocycles. The maximum Gasteiger partial charge on any atom is 0.308 e. The van der Waals surface area contributed by atoms with Crippen LogP contribution in [0.2, 0.25) is 0 Å². The molecule has 0 amide bonds. The molecule has 4 heteroatoms. The summed E-state index contributed by atoms with van der Waals surface area (Å²) in [5.41, 5.74) is 6.68. The zero-order valence-electron chi connectivity index (χ0n) is 16.4. The molecule has 3 aromatic rings. The number of benzene rings is 3. The Morgan fingerprint density at radius 2 is 0.929 bits per heavy atom. The van der Waals surface area contributed by atoms with E-state index in [4.69, 9.17) is 9.47 Å². The summed E-state index contributed by atoms with van der Waals surface area (Å²) in [6.45, 7) is 6.93. The van der Waals surface area contributed by atoms with Gasteiger partial charge in [-0.05, 0) is 71.5 Å². The summed E-state index contributed by atoms with van der Waals surface area (Å²) in [6, 6.07) is 19.3. The van der Waals surface area contributed by atoms with E-state index in [0.29, 0.717) is 11.5 Å². The Balaban J connectivity index is 1.90. The van der Waals surface area contributed by atoms with Gasteiger partial charge in [-0.15, -0.1) is 0 Å². The molecule has 142 valence electrons. The fraction of sp³-hybridized carbons (Fsp3) is 0.167. The summed E-state index contributed by atoms with van der Waals surface area (Å²) in [6.07, 6.45) is 0. The van der Waals surface area contributed by atoms with Crippen molar-refractivity contribution in [2.45, 2.75) is 27.7 Å². The van der Waals surface area contributed by atoms with Crippen molar-refractivity contribution < 1.29 is 19.1 Å². The molecule has 0 N–H and O–H groups in total. The highest BCUT2D eigenvalue weighted by Gasteiger charge is 2.10. The van der Waals surface area contributed by atoms with Crippen LogP contribution in [0.5, 0.6) is 11.5 Å². The van der Waals surface area contributed by atoms with E-state index in [1.54, 1.807) is 24.3 Å². The fourth-order valence-electron chi connectivity index (χ4n) is 3.18. The van der Waals surface area contributed by atoms with Crippen LogP contribution in [0.15, 0.2) is 60.7 Å². The Labute approximate surface area is 164 Å². The lowest BCUT2D eigenvalue weighted by Crippen LogP contribution is -2.01. The van der Waals surface area contributed by atoms with Gasteiger partial charge in [-0.1, -0.05) is 36.4 Å². The van der Waals surface area contributed by atoms with E-state index in [1.165, 1.54) is 13.8 Å². The van der Waals surface area contributed by atoms with Crippen molar-refractivity contribution >= 4 is 11.9 Å². The molecule has 3 rings (SSSR count). The van der Waals surface area contributed by atoms with Crippen LogP contribution in [0.25, 0.3) is 22.3 Å². The summed E-state index contributed by atoms with van der Waals surface area (Å²) < 4.78 is 10.2. The lowest BCUT2D eigenvalue weighted by atomic mass is 9.92. The first kappa shape index (κ1) is 19.4. The van der Waals surface area contributed by atoms with Crippen LogP contribution in [-0.2, 0) is 9.59 Å². The molecule has 0 aromatic heterocycles. The number of aryl methyl sites for hydroxylation is 2. The van der Waals surface area contributed by atoms with Gasteiger partial charge in [0.25, 0.3) is 0 Å². The number of hydrogen-bond donors (Lipinski definition) is 0. The predicted octanol–water partition coefficient (Wildman–Crippen LogP) is 5.49. The molecule has 0 aliphatic rings. The minimum Gasteiger partial charge on any atom is -0.427 e. The number of rotatable bonds is 4. The molecule has 0 radical (unpaired) electrons. The van der Waals surface area contributed by atoms with Crippen LogP contribution < -0.4 is 9.47 Å². The first-order chi connectivity index (χ1) is 13.3. The molecule has 0 atom stereocenters. The molecule has 3 aromatic carbocycles. The second kappa shape index (κ2) is 8.09. The molecule has 0 fully saturated rings. The van der Waals surface area contributed by atoms with Gasteiger partial charge in [-0.2, -0.15) is 0 Å². The third kappa shape index (κ3) is 4.46. The van der Waals surface area contributed by atoms with Crippen molar-refractivity contribution in [1.82, 2.24) is 0 Å². The highest BCUT2D eigenvalue weighted by atomic mass is 16.5. The molecule has 0 bridgehead atoms. The monoisotopic (exact) mass is 374 g/mol. The minimum atomic E-state index is -0.330. The zero-order chi connectivity index (χ0) is 20.3. The van der Waals surface area contributed by atoms with Crippen LogP contribution in [-0.4, -0.2) is 11.9 Å². The third-order valence-corrected chi connectivity index (χ3v) is 4.43. The van der Waals surface area contributed by atoms with Gasteiger partial charge in [-0.3, -0.25) is 9.59 Å². The first-order valence-corrected chi connectivity index (χ1v) is 9.02. The van der Waals surface area contributed by atoms with Crippen LogP contribution in [0.4, 0.5) is 0 Å². The van der Waals surface area contributed by atoms with E-state index in [1.807, 2.05) is 24.3 Å². The van der Waals surface area contributed by atoms with Crippen molar-refractivity contribution in [3.05, 3.63) is 71.8 Å². The number of hydrogen-bond acceptors (Lipinski definition) is 4. The van der Waals surface area contributed by atoms with E-state index < -0.39 is 0 Å². The van der Waals surface area contributed by atoms with Crippen molar-refractivity contribution in [3.8, 4) is 33.8 Å². The standard InChI is InChI=1S/C24H22O4/c1-15-13-24(20-7-11-22(12-8-20)28-18(4)26)16(2)14-23(15)19-5-9-21(10-6-19)27-17(3)25/h5-14H,1-4H3. The quantitative estimate of drug-likeness (QED) is 0.448. The maximum absolute atomic E-state index is 11.1. The Bertz CT molecular complexity index is 930. The number of ether oxygens (including phenoxy) is 2. The number of esters is 2. The van der Waals surface area contributed by atoms with Crippen molar-refractivity contribution in [3.63, 3.8) is 0 Å². The topological polar surface area (TPSA) is 52.6 Å². The third-order valence-electron chi connectivity index (χ3n) is 4.43. The average molecular weight is 374 g/mol. The summed E-state index contributed by atoms with van der Waals surface area (Å²) >= 11 is 0. The second-order valence-corrected chi connectivity index (χ2v) is 6.72. The molecule has 0 spiro atoms. The smallest absolute Gasteiger partial charge is 0.308 e. The van der Waals surface area contributed by atoms with Crippen molar-refractivity contribution in [1.29, 1.82) is 0 Å².